The Morgan fingerprint density at radius 1 is 1.43 bits per heavy atom. The highest BCUT2D eigenvalue weighted by Crippen LogP contribution is 2.23. The number of amides is 1. The predicted molar refractivity (Wildman–Crippen MR) is 74.4 cm³/mol. The first-order valence-electron chi connectivity index (χ1n) is 6.69. The smallest absolute Gasteiger partial charge is 0.252 e. The molecule has 110 valence electrons. The topological polar surface area (TPSA) is 71.5 Å². The summed E-state index contributed by atoms with van der Waals surface area (Å²) in [6.45, 7) is 0.565. The van der Waals surface area contributed by atoms with Crippen LogP contribution < -0.4 is 5.32 Å². The van der Waals surface area contributed by atoms with E-state index >= 15 is 0 Å². The lowest BCUT2D eigenvalue weighted by molar-refractivity contribution is 0.0791. The van der Waals surface area contributed by atoms with E-state index in [1.165, 1.54) is 30.6 Å². The van der Waals surface area contributed by atoms with Crippen LogP contribution in [-0.2, 0) is 4.74 Å². The van der Waals surface area contributed by atoms with E-state index in [4.69, 9.17) is 4.74 Å². The van der Waals surface area contributed by atoms with Crippen LogP contribution in [0.1, 0.15) is 16.8 Å². The molecule has 1 fully saturated rings. The maximum absolute atomic E-state index is 13.8. The minimum absolute atomic E-state index is 0.198. The first-order valence-corrected chi connectivity index (χ1v) is 6.69. The van der Waals surface area contributed by atoms with E-state index in [1.54, 1.807) is 0 Å². The van der Waals surface area contributed by atoms with Gasteiger partial charge in [-0.05, 0) is 24.6 Å². The molecule has 1 aromatic carbocycles. The molecule has 5 nitrogen and oxygen atoms in total. The standard InChI is InChI=1S/C15H15FN2O3/c16-13-2-1-11(12-7-17-5-3-10(12)13)14(20)18-15(8-19)4-6-21-9-15/h1-3,5,7,19H,4,6,8-9H2,(H,18,20)/t15-/m1/s1. The third kappa shape index (κ3) is 2.48. The molecule has 1 atom stereocenters. The van der Waals surface area contributed by atoms with Crippen LogP contribution in [0.2, 0.25) is 0 Å². The van der Waals surface area contributed by atoms with E-state index in [2.05, 4.69) is 10.3 Å². The van der Waals surface area contributed by atoms with Crippen molar-refractivity contribution in [1.82, 2.24) is 10.3 Å². The molecule has 6 heteroatoms. The van der Waals surface area contributed by atoms with Gasteiger partial charge in [-0.3, -0.25) is 9.78 Å². The summed E-state index contributed by atoms with van der Waals surface area (Å²) >= 11 is 0. The molecule has 1 amide bonds. The van der Waals surface area contributed by atoms with Gasteiger partial charge in [0.05, 0.1) is 18.8 Å². The highest BCUT2D eigenvalue weighted by Gasteiger charge is 2.36. The van der Waals surface area contributed by atoms with E-state index in [9.17, 15) is 14.3 Å². The number of aromatic nitrogens is 1. The lowest BCUT2D eigenvalue weighted by atomic mass is 9.98. The van der Waals surface area contributed by atoms with Crippen LogP contribution in [0.5, 0.6) is 0 Å². The number of pyridine rings is 1. The van der Waals surface area contributed by atoms with Gasteiger partial charge in [-0.15, -0.1) is 0 Å². The molecule has 2 N–H and O–H groups in total. The Labute approximate surface area is 120 Å². The molecule has 0 bridgehead atoms. The molecule has 2 heterocycles. The van der Waals surface area contributed by atoms with Gasteiger partial charge in [-0.1, -0.05) is 0 Å². The minimum Gasteiger partial charge on any atom is -0.394 e. The number of ether oxygens (including phenoxy) is 1. The Kier molecular flexibility index (Phi) is 3.57. The van der Waals surface area contributed by atoms with Crippen molar-refractivity contribution in [1.29, 1.82) is 0 Å². The van der Waals surface area contributed by atoms with Crippen LogP contribution in [0.3, 0.4) is 0 Å². The van der Waals surface area contributed by atoms with Crippen molar-refractivity contribution in [2.45, 2.75) is 12.0 Å². The van der Waals surface area contributed by atoms with Crippen molar-refractivity contribution in [3.05, 3.63) is 42.0 Å². The molecule has 0 saturated carbocycles. The zero-order valence-corrected chi connectivity index (χ0v) is 11.3. The fourth-order valence-corrected chi connectivity index (χ4v) is 2.53. The van der Waals surface area contributed by atoms with Gasteiger partial charge in [0, 0.05) is 35.3 Å². The van der Waals surface area contributed by atoms with Crippen molar-refractivity contribution in [2.75, 3.05) is 19.8 Å². The SMILES string of the molecule is O=C(N[C@@]1(CO)CCOC1)c1ccc(F)c2ccncc12. The number of nitrogens with zero attached hydrogens (tertiary/aromatic N) is 1. The summed E-state index contributed by atoms with van der Waals surface area (Å²) in [4.78, 5) is 16.4. The zero-order valence-electron chi connectivity index (χ0n) is 11.3. The number of rotatable bonds is 3. The van der Waals surface area contributed by atoms with Gasteiger partial charge < -0.3 is 15.2 Å². The summed E-state index contributed by atoms with van der Waals surface area (Å²) in [6.07, 6.45) is 3.49. The second-order valence-electron chi connectivity index (χ2n) is 5.21. The number of carbonyl (C=O) groups excluding carboxylic acids is 1. The van der Waals surface area contributed by atoms with Crippen molar-refractivity contribution >= 4 is 16.7 Å². The van der Waals surface area contributed by atoms with E-state index in [-0.39, 0.29) is 19.1 Å². The molecule has 1 aliphatic heterocycles. The second-order valence-corrected chi connectivity index (χ2v) is 5.21. The van der Waals surface area contributed by atoms with Crippen molar-refractivity contribution in [2.24, 2.45) is 0 Å². The van der Waals surface area contributed by atoms with Crippen LogP contribution in [0.4, 0.5) is 4.39 Å². The first-order chi connectivity index (χ1) is 10.2. The molecule has 21 heavy (non-hydrogen) atoms. The molecule has 2 aromatic rings. The quantitative estimate of drug-likeness (QED) is 0.892. The number of fused-ring (bicyclic) bond motifs is 1. The Bertz CT molecular complexity index is 684. The molecule has 1 aromatic heterocycles. The summed E-state index contributed by atoms with van der Waals surface area (Å²) in [7, 11) is 0. The zero-order chi connectivity index (χ0) is 14.9. The summed E-state index contributed by atoms with van der Waals surface area (Å²) < 4.78 is 19.0. The number of aliphatic hydroxyl groups excluding tert-OH is 1. The van der Waals surface area contributed by atoms with E-state index in [0.717, 1.165) is 0 Å². The minimum atomic E-state index is -0.764. The third-order valence-electron chi connectivity index (χ3n) is 3.79. The van der Waals surface area contributed by atoms with E-state index in [0.29, 0.717) is 29.4 Å². The summed E-state index contributed by atoms with van der Waals surface area (Å²) in [6, 6.07) is 4.21. The highest BCUT2D eigenvalue weighted by atomic mass is 19.1. The summed E-state index contributed by atoms with van der Waals surface area (Å²) in [5.74, 6) is -0.766. The molecule has 0 unspecified atom stereocenters. The largest absolute Gasteiger partial charge is 0.394 e. The monoisotopic (exact) mass is 290 g/mol. The highest BCUT2D eigenvalue weighted by molar-refractivity contribution is 6.07. The van der Waals surface area contributed by atoms with Crippen LogP contribution in [0, 0.1) is 5.82 Å². The van der Waals surface area contributed by atoms with E-state index < -0.39 is 11.4 Å². The third-order valence-corrected chi connectivity index (χ3v) is 3.79. The molecule has 0 aliphatic carbocycles. The van der Waals surface area contributed by atoms with Gasteiger partial charge in [-0.25, -0.2) is 4.39 Å². The Hall–Kier alpha value is -2.05. The van der Waals surface area contributed by atoms with Crippen molar-refractivity contribution in [3.8, 4) is 0 Å². The number of nitrogens with one attached hydrogen (secondary N) is 1. The van der Waals surface area contributed by atoms with Gasteiger partial charge in [0.25, 0.3) is 5.91 Å². The van der Waals surface area contributed by atoms with Gasteiger partial charge in [0.1, 0.15) is 5.82 Å². The molecular formula is C15H15FN2O3. The number of hydrogen-bond donors (Lipinski definition) is 2. The van der Waals surface area contributed by atoms with Crippen molar-refractivity contribution < 1.29 is 19.0 Å². The van der Waals surface area contributed by atoms with Gasteiger partial charge in [0.15, 0.2) is 0 Å². The number of carbonyl (C=O) groups is 1. The van der Waals surface area contributed by atoms with Gasteiger partial charge in [-0.2, -0.15) is 0 Å². The lowest BCUT2D eigenvalue weighted by Crippen LogP contribution is -2.52. The van der Waals surface area contributed by atoms with E-state index in [1.807, 2.05) is 0 Å². The fraction of sp³-hybridized carbons (Fsp3) is 0.333. The number of halogens is 1. The van der Waals surface area contributed by atoms with Crippen LogP contribution in [-0.4, -0.2) is 41.4 Å². The number of hydrogen-bond acceptors (Lipinski definition) is 4. The summed E-state index contributed by atoms with van der Waals surface area (Å²) in [5.41, 5.74) is -0.431. The normalized spacial score (nSPS) is 21.6. The predicted octanol–water partition coefficient (Wildman–Crippen LogP) is 1.26. The Morgan fingerprint density at radius 2 is 2.29 bits per heavy atom. The maximum atomic E-state index is 13.8. The molecule has 0 spiro atoms. The van der Waals surface area contributed by atoms with Crippen LogP contribution in [0.15, 0.2) is 30.6 Å². The second kappa shape index (κ2) is 5.38. The van der Waals surface area contributed by atoms with Crippen LogP contribution in [0.25, 0.3) is 10.8 Å². The van der Waals surface area contributed by atoms with Gasteiger partial charge >= 0.3 is 0 Å². The molecule has 0 radical (unpaired) electrons. The Morgan fingerprint density at radius 3 is 3.00 bits per heavy atom. The van der Waals surface area contributed by atoms with Crippen LogP contribution >= 0.6 is 0 Å². The first kappa shape index (κ1) is 13.9. The van der Waals surface area contributed by atoms with Gasteiger partial charge in [0.2, 0.25) is 0 Å². The maximum Gasteiger partial charge on any atom is 0.252 e. The number of benzene rings is 1. The molecule has 1 saturated heterocycles. The average Bonchev–Trinajstić information content (AvgIpc) is 2.97. The fourth-order valence-electron chi connectivity index (χ4n) is 2.53. The Balaban J connectivity index is 1.97. The average molecular weight is 290 g/mol. The summed E-state index contributed by atoms with van der Waals surface area (Å²) in [5, 5.41) is 13.1. The molecular weight excluding hydrogens is 275 g/mol. The molecule has 3 rings (SSSR count). The number of aliphatic hydroxyl groups is 1. The lowest BCUT2D eigenvalue weighted by Gasteiger charge is -2.26. The molecule has 1 aliphatic rings. The van der Waals surface area contributed by atoms with Crippen molar-refractivity contribution in [3.63, 3.8) is 0 Å².